The van der Waals surface area contributed by atoms with Gasteiger partial charge in [0, 0.05) is 24.7 Å². The minimum atomic E-state index is -0.0533. The Bertz CT molecular complexity index is 341. The summed E-state index contributed by atoms with van der Waals surface area (Å²) in [5.41, 5.74) is 0. The second-order valence-corrected chi connectivity index (χ2v) is 6.87. The zero-order chi connectivity index (χ0) is 13.9. The molecular weight excluding hydrogens is 250 g/mol. The Kier molecular flexibility index (Phi) is 4.61. The van der Waals surface area contributed by atoms with Gasteiger partial charge >= 0.3 is 0 Å². The van der Waals surface area contributed by atoms with E-state index in [0.29, 0.717) is 18.1 Å². The van der Waals surface area contributed by atoms with Crippen LogP contribution in [0.3, 0.4) is 0 Å². The Morgan fingerprint density at radius 2 is 1.85 bits per heavy atom. The molecule has 1 amide bonds. The monoisotopic (exact) mass is 279 g/mol. The highest BCUT2D eigenvalue weighted by Gasteiger charge is 2.38. The van der Waals surface area contributed by atoms with Crippen molar-refractivity contribution in [2.75, 3.05) is 13.1 Å². The van der Waals surface area contributed by atoms with Crippen LogP contribution < -0.4 is 10.6 Å². The topological polar surface area (TPSA) is 44.4 Å². The Labute approximate surface area is 122 Å². The van der Waals surface area contributed by atoms with E-state index in [1.54, 1.807) is 0 Å². The summed E-state index contributed by atoms with van der Waals surface area (Å²) >= 11 is 0. The maximum atomic E-state index is 12.3. The fourth-order valence-electron chi connectivity index (χ4n) is 4.25. The van der Waals surface area contributed by atoms with Gasteiger partial charge < -0.3 is 10.6 Å². The van der Waals surface area contributed by atoms with Gasteiger partial charge in [-0.25, -0.2) is 0 Å². The Balaban J connectivity index is 1.46. The average Bonchev–Trinajstić information content (AvgIpc) is 3.05. The number of carbonyl (C=O) groups is 1. The molecule has 3 rings (SSSR count). The van der Waals surface area contributed by atoms with E-state index >= 15 is 0 Å². The highest BCUT2D eigenvalue weighted by Crippen LogP contribution is 2.28. The van der Waals surface area contributed by atoms with Gasteiger partial charge in [-0.05, 0) is 45.6 Å². The van der Waals surface area contributed by atoms with Crippen LogP contribution in [0.25, 0.3) is 0 Å². The third-order valence-corrected chi connectivity index (χ3v) is 5.41. The molecule has 0 aromatic heterocycles. The second kappa shape index (κ2) is 6.44. The van der Waals surface area contributed by atoms with Gasteiger partial charge in [-0.2, -0.15) is 0 Å². The second-order valence-electron chi connectivity index (χ2n) is 6.87. The van der Waals surface area contributed by atoms with Gasteiger partial charge in [-0.3, -0.25) is 9.69 Å². The summed E-state index contributed by atoms with van der Waals surface area (Å²) in [6.07, 6.45) is 10.0. The third-order valence-electron chi connectivity index (χ3n) is 5.41. The van der Waals surface area contributed by atoms with Crippen LogP contribution in [-0.4, -0.2) is 48.1 Å². The summed E-state index contributed by atoms with van der Waals surface area (Å²) in [7, 11) is 0. The van der Waals surface area contributed by atoms with Gasteiger partial charge in [0.2, 0.25) is 5.91 Å². The molecule has 0 spiro atoms. The van der Waals surface area contributed by atoms with Crippen molar-refractivity contribution in [2.45, 2.75) is 82.5 Å². The summed E-state index contributed by atoms with van der Waals surface area (Å²) in [4.78, 5) is 14.9. The van der Waals surface area contributed by atoms with Crippen LogP contribution >= 0.6 is 0 Å². The minimum Gasteiger partial charge on any atom is -0.352 e. The van der Waals surface area contributed by atoms with E-state index in [-0.39, 0.29) is 11.9 Å². The number of hydrogen-bond acceptors (Lipinski definition) is 3. The first-order chi connectivity index (χ1) is 9.74. The normalized spacial score (nSPS) is 33.0. The number of carbonyl (C=O) groups excluding carboxylic acids is 1. The van der Waals surface area contributed by atoms with Crippen molar-refractivity contribution in [2.24, 2.45) is 0 Å². The number of amides is 1. The molecule has 1 aliphatic carbocycles. The number of hydrogen-bond donors (Lipinski definition) is 2. The van der Waals surface area contributed by atoms with Gasteiger partial charge in [0.05, 0.1) is 6.04 Å². The molecule has 0 bridgehead atoms. The molecule has 4 heteroatoms. The molecule has 2 N–H and O–H groups in total. The molecule has 114 valence electrons. The molecule has 3 unspecified atom stereocenters. The molecule has 3 aliphatic rings. The molecule has 3 fully saturated rings. The smallest absolute Gasteiger partial charge is 0.237 e. The molecule has 2 aliphatic heterocycles. The van der Waals surface area contributed by atoms with Crippen molar-refractivity contribution >= 4 is 5.91 Å². The molecule has 4 nitrogen and oxygen atoms in total. The summed E-state index contributed by atoms with van der Waals surface area (Å²) in [5, 5.41) is 6.82. The van der Waals surface area contributed by atoms with Crippen molar-refractivity contribution in [1.29, 1.82) is 0 Å². The number of nitrogens with one attached hydrogen (secondary N) is 2. The lowest BCUT2D eigenvalue weighted by Crippen LogP contribution is -2.52. The lowest BCUT2D eigenvalue weighted by molar-refractivity contribution is -0.123. The van der Waals surface area contributed by atoms with Crippen LogP contribution in [0.5, 0.6) is 0 Å². The Morgan fingerprint density at radius 1 is 1.05 bits per heavy atom. The molecule has 3 atom stereocenters. The third kappa shape index (κ3) is 3.17. The number of nitrogens with zero attached hydrogens (tertiary/aromatic N) is 1. The van der Waals surface area contributed by atoms with Gasteiger partial charge in [0.25, 0.3) is 0 Å². The maximum absolute atomic E-state index is 12.3. The first-order valence-corrected chi connectivity index (χ1v) is 8.54. The van der Waals surface area contributed by atoms with E-state index in [0.717, 1.165) is 12.8 Å². The largest absolute Gasteiger partial charge is 0.352 e. The summed E-state index contributed by atoms with van der Waals surface area (Å²) in [6, 6.07) is 1.57. The molecule has 20 heavy (non-hydrogen) atoms. The van der Waals surface area contributed by atoms with Gasteiger partial charge in [-0.1, -0.05) is 19.3 Å². The molecule has 0 radical (unpaired) electrons. The number of rotatable bonds is 4. The van der Waals surface area contributed by atoms with E-state index in [1.807, 2.05) is 6.92 Å². The SMILES string of the molecule is CC(NC1CCN2CCCC12)C(=O)NC1CCCCC1. The zero-order valence-corrected chi connectivity index (χ0v) is 12.7. The Hall–Kier alpha value is -0.610. The van der Waals surface area contributed by atoms with E-state index in [1.165, 1.54) is 51.6 Å². The van der Waals surface area contributed by atoms with Crippen molar-refractivity contribution in [3.05, 3.63) is 0 Å². The van der Waals surface area contributed by atoms with Crippen LogP contribution in [-0.2, 0) is 4.79 Å². The van der Waals surface area contributed by atoms with E-state index < -0.39 is 0 Å². The van der Waals surface area contributed by atoms with Crippen molar-refractivity contribution in [3.8, 4) is 0 Å². The van der Waals surface area contributed by atoms with Crippen molar-refractivity contribution < 1.29 is 4.79 Å². The standard InChI is InChI=1S/C16H29N3O/c1-12(16(20)18-13-6-3-2-4-7-13)17-14-9-11-19-10-5-8-15(14)19/h12-15,17H,2-11H2,1H3,(H,18,20). The predicted octanol–water partition coefficient (Wildman–Crippen LogP) is 1.65. The summed E-state index contributed by atoms with van der Waals surface area (Å²) < 4.78 is 0. The van der Waals surface area contributed by atoms with Crippen molar-refractivity contribution in [3.63, 3.8) is 0 Å². The lowest BCUT2D eigenvalue weighted by atomic mass is 9.95. The van der Waals surface area contributed by atoms with Crippen LogP contribution in [0.1, 0.15) is 58.3 Å². The lowest BCUT2D eigenvalue weighted by Gasteiger charge is -2.27. The van der Waals surface area contributed by atoms with Crippen LogP contribution in [0, 0.1) is 0 Å². The first kappa shape index (κ1) is 14.3. The fourth-order valence-corrected chi connectivity index (χ4v) is 4.25. The van der Waals surface area contributed by atoms with Crippen molar-refractivity contribution in [1.82, 2.24) is 15.5 Å². The quantitative estimate of drug-likeness (QED) is 0.822. The van der Waals surface area contributed by atoms with E-state index in [2.05, 4.69) is 15.5 Å². The highest BCUT2D eigenvalue weighted by atomic mass is 16.2. The molecule has 1 saturated carbocycles. The van der Waals surface area contributed by atoms with Gasteiger partial charge in [0.1, 0.15) is 0 Å². The molecular formula is C16H29N3O. The predicted molar refractivity (Wildman–Crippen MR) is 80.6 cm³/mol. The van der Waals surface area contributed by atoms with Crippen LogP contribution in [0.15, 0.2) is 0 Å². The Morgan fingerprint density at radius 3 is 2.65 bits per heavy atom. The highest BCUT2D eigenvalue weighted by molar-refractivity contribution is 5.81. The summed E-state index contributed by atoms with van der Waals surface area (Å²) in [6.45, 7) is 4.49. The minimum absolute atomic E-state index is 0.0533. The molecule has 0 aromatic carbocycles. The molecule has 2 saturated heterocycles. The first-order valence-electron chi connectivity index (χ1n) is 8.54. The van der Waals surface area contributed by atoms with Gasteiger partial charge in [0.15, 0.2) is 0 Å². The van der Waals surface area contributed by atoms with Gasteiger partial charge in [-0.15, -0.1) is 0 Å². The average molecular weight is 279 g/mol. The van der Waals surface area contributed by atoms with E-state index in [4.69, 9.17) is 0 Å². The molecule has 0 aromatic rings. The maximum Gasteiger partial charge on any atom is 0.237 e. The molecule has 2 heterocycles. The van der Waals surface area contributed by atoms with E-state index in [9.17, 15) is 4.79 Å². The fraction of sp³-hybridized carbons (Fsp3) is 0.938. The zero-order valence-electron chi connectivity index (χ0n) is 12.7. The summed E-state index contributed by atoms with van der Waals surface area (Å²) in [5.74, 6) is 0.202. The number of fused-ring (bicyclic) bond motifs is 1. The van der Waals surface area contributed by atoms with Crippen LogP contribution in [0.2, 0.25) is 0 Å². The van der Waals surface area contributed by atoms with Crippen LogP contribution in [0.4, 0.5) is 0 Å².